The maximum Gasteiger partial charge on any atom is 0.417 e. The maximum atomic E-state index is 11.5. The fourth-order valence-electron chi connectivity index (χ4n) is 1.40. The number of hydrogen-bond donors (Lipinski definition) is 1. The molecule has 0 aliphatic heterocycles. The average Bonchev–Trinajstić information content (AvgIpc) is 2.30. The van der Waals surface area contributed by atoms with Crippen molar-refractivity contribution in [3.8, 4) is 0 Å². The van der Waals surface area contributed by atoms with Crippen LogP contribution >= 0.6 is 11.6 Å². The third-order valence-electron chi connectivity index (χ3n) is 2.14. The van der Waals surface area contributed by atoms with Crippen LogP contribution < -0.4 is 5.32 Å². The number of carbonyl (C=O) groups is 1. The van der Waals surface area contributed by atoms with Gasteiger partial charge in [0.05, 0.1) is 0 Å². The molecule has 1 heterocycles. The van der Waals surface area contributed by atoms with Gasteiger partial charge in [-0.2, -0.15) is 0 Å². The molecule has 0 saturated heterocycles. The third kappa shape index (κ3) is 3.60. The van der Waals surface area contributed by atoms with E-state index >= 15 is 0 Å². The Balaban J connectivity index is 1.93. The van der Waals surface area contributed by atoms with Crippen molar-refractivity contribution in [1.29, 1.82) is 0 Å². The Labute approximate surface area is 104 Å². The van der Waals surface area contributed by atoms with Crippen molar-refractivity contribution >= 4 is 23.4 Å². The standard InChI is InChI=1S/C12H11ClN2O2/c13-11-8-9(6-7-14-11)15-12(16)17-10-4-2-1-3-5-10/h2,4-8H,1,3H2,(H,14,15,16). The van der Waals surface area contributed by atoms with Crippen molar-refractivity contribution in [2.45, 2.75) is 12.8 Å². The van der Waals surface area contributed by atoms with Gasteiger partial charge in [0.1, 0.15) is 10.9 Å². The predicted molar refractivity (Wildman–Crippen MR) is 65.8 cm³/mol. The molecule has 5 heteroatoms. The summed E-state index contributed by atoms with van der Waals surface area (Å²) >= 11 is 5.69. The highest BCUT2D eigenvalue weighted by Gasteiger charge is 2.07. The molecular weight excluding hydrogens is 240 g/mol. The zero-order chi connectivity index (χ0) is 12.1. The lowest BCUT2D eigenvalue weighted by Crippen LogP contribution is -2.13. The van der Waals surface area contributed by atoms with Crippen LogP contribution in [0, 0.1) is 0 Å². The van der Waals surface area contributed by atoms with E-state index in [4.69, 9.17) is 16.3 Å². The second-order valence-corrected chi connectivity index (χ2v) is 3.86. The van der Waals surface area contributed by atoms with E-state index in [9.17, 15) is 4.79 Å². The summed E-state index contributed by atoms with van der Waals surface area (Å²) in [4.78, 5) is 15.3. The molecule has 1 aliphatic rings. The van der Waals surface area contributed by atoms with Gasteiger partial charge in [-0.1, -0.05) is 17.7 Å². The second kappa shape index (κ2) is 5.50. The van der Waals surface area contributed by atoms with E-state index in [2.05, 4.69) is 10.3 Å². The van der Waals surface area contributed by atoms with Crippen molar-refractivity contribution in [1.82, 2.24) is 4.98 Å². The SMILES string of the molecule is O=C(Nc1ccnc(Cl)c1)OC1=CCCC=C1. The van der Waals surface area contributed by atoms with Gasteiger partial charge in [0.25, 0.3) is 0 Å². The lowest BCUT2D eigenvalue weighted by atomic mass is 10.2. The molecule has 1 N–H and O–H groups in total. The number of halogens is 1. The summed E-state index contributed by atoms with van der Waals surface area (Å²) in [5.41, 5.74) is 0.551. The topological polar surface area (TPSA) is 51.2 Å². The number of rotatable bonds is 2. The number of nitrogens with zero attached hydrogens (tertiary/aromatic N) is 1. The first-order chi connectivity index (χ1) is 8.24. The van der Waals surface area contributed by atoms with Crippen LogP contribution in [-0.4, -0.2) is 11.1 Å². The molecule has 0 radical (unpaired) electrons. The lowest BCUT2D eigenvalue weighted by Gasteiger charge is -2.09. The first-order valence-electron chi connectivity index (χ1n) is 5.21. The smallest absolute Gasteiger partial charge is 0.410 e. The molecule has 0 atom stereocenters. The number of nitrogens with one attached hydrogen (secondary N) is 1. The summed E-state index contributed by atoms with van der Waals surface area (Å²) in [6, 6.07) is 3.19. The summed E-state index contributed by atoms with van der Waals surface area (Å²) in [6.07, 6.45) is 8.46. The minimum absolute atomic E-state index is 0.319. The molecule has 1 aromatic rings. The normalized spacial score (nSPS) is 14.1. The van der Waals surface area contributed by atoms with Crippen LogP contribution in [0.1, 0.15) is 12.8 Å². The molecule has 1 amide bonds. The van der Waals surface area contributed by atoms with Gasteiger partial charge < -0.3 is 4.74 Å². The highest BCUT2D eigenvalue weighted by Crippen LogP contribution is 2.14. The monoisotopic (exact) mass is 250 g/mol. The molecule has 0 unspecified atom stereocenters. The molecule has 0 bridgehead atoms. The van der Waals surface area contributed by atoms with Gasteiger partial charge in [-0.15, -0.1) is 0 Å². The first kappa shape index (κ1) is 11.7. The Morgan fingerprint density at radius 3 is 3.06 bits per heavy atom. The van der Waals surface area contributed by atoms with Crippen LogP contribution in [0.15, 0.2) is 42.3 Å². The molecular formula is C12H11ClN2O2. The summed E-state index contributed by atoms with van der Waals surface area (Å²) in [5, 5.41) is 2.89. The van der Waals surface area contributed by atoms with E-state index in [1.807, 2.05) is 12.2 Å². The quantitative estimate of drug-likeness (QED) is 0.817. The molecule has 1 aliphatic carbocycles. The molecule has 0 spiro atoms. The third-order valence-corrected chi connectivity index (χ3v) is 2.35. The maximum absolute atomic E-state index is 11.5. The average molecular weight is 251 g/mol. The van der Waals surface area contributed by atoms with E-state index in [0.717, 1.165) is 12.8 Å². The van der Waals surface area contributed by atoms with E-state index in [1.165, 1.54) is 6.20 Å². The van der Waals surface area contributed by atoms with E-state index in [0.29, 0.717) is 16.6 Å². The van der Waals surface area contributed by atoms with Gasteiger partial charge in [-0.3, -0.25) is 5.32 Å². The Bertz CT molecular complexity index is 483. The minimum Gasteiger partial charge on any atom is -0.410 e. The minimum atomic E-state index is -0.537. The molecule has 0 saturated carbocycles. The number of allylic oxidation sites excluding steroid dienone is 3. The molecule has 2 rings (SSSR count). The van der Waals surface area contributed by atoms with Gasteiger partial charge in [0.15, 0.2) is 0 Å². The van der Waals surface area contributed by atoms with Crippen LogP contribution in [0.4, 0.5) is 10.5 Å². The molecule has 17 heavy (non-hydrogen) atoms. The Morgan fingerprint density at radius 2 is 2.35 bits per heavy atom. The van der Waals surface area contributed by atoms with Crippen LogP contribution in [0.2, 0.25) is 5.15 Å². The van der Waals surface area contributed by atoms with Gasteiger partial charge in [0.2, 0.25) is 0 Å². The van der Waals surface area contributed by atoms with Gasteiger partial charge >= 0.3 is 6.09 Å². The number of pyridine rings is 1. The largest absolute Gasteiger partial charge is 0.417 e. The van der Waals surface area contributed by atoms with E-state index < -0.39 is 6.09 Å². The number of carbonyl (C=O) groups excluding carboxylic acids is 1. The van der Waals surface area contributed by atoms with Crippen molar-refractivity contribution in [3.63, 3.8) is 0 Å². The number of anilines is 1. The number of aromatic nitrogens is 1. The van der Waals surface area contributed by atoms with Crippen molar-refractivity contribution in [2.75, 3.05) is 5.32 Å². The molecule has 1 aromatic heterocycles. The van der Waals surface area contributed by atoms with Crippen molar-refractivity contribution in [2.24, 2.45) is 0 Å². The van der Waals surface area contributed by atoms with Crippen LogP contribution in [0.5, 0.6) is 0 Å². The number of hydrogen-bond acceptors (Lipinski definition) is 3. The van der Waals surface area contributed by atoms with E-state index in [1.54, 1.807) is 18.2 Å². The van der Waals surface area contributed by atoms with Crippen LogP contribution in [0.25, 0.3) is 0 Å². The van der Waals surface area contributed by atoms with E-state index in [-0.39, 0.29) is 0 Å². The number of ether oxygens (including phenoxy) is 1. The first-order valence-corrected chi connectivity index (χ1v) is 5.59. The fraction of sp³-hybridized carbons (Fsp3) is 0.167. The van der Waals surface area contributed by atoms with Crippen LogP contribution in [-0.2, 0) is 4.74 Å². The second-order valence-electron chi connectivity index (χ2n) is 3.47. The van der Waals surface area contributed by atoms with Gasteiger partial charge in [0, 0.05) is 11.9 Å². The number of amides is 1. The lowest BCUT2D eigenvalue weighted by molar-refractivity contribution is 0.194. The molecule has 0 aromatic carbocycles. The van der Waals surface area contributed by atoms with Crippen molar-refractivity contribution < 1.29 is 9.53 Å². The Hall–Kier alpha value is -1.81. The zero-order valence-electron chi connectivity index (χ0n) is 9.02. The Morgan fingerprint density at radius 1 is 1.47 bits per heavy atom. The van der Waals surface area contributed by atoms with Gasteiger partial charge in [-0.05, 0) is 37.1 Å². The summed E-state index contributed by atoms with van der Waals surface area (Å²) in [5.74, 6) is 0.564. The molecule has 0 fully saturated rings. The highest BCUT2D eigenvalue weighted by molar-refractivity contribution is 6.29. The highest BCUT2D eigenvalue weighted by atomic mass is 35.5. The summed E-state index contributed by atoms with van der Waals surface area (Å²) < 4.78 is 5.10. The summed E-state index contributed by atoms with van der Waals surface area (Å²) in [7, 11) is 0. The molecule has 88 valence electrons. The molecule has 4 nitrogen and oxygen atoms in total. The fourth-order valence-corrected chi connectivity index (χ4v) is 1.57. The predicted octanol–water partition coefficient (Wildman–Crippen LogP) is 3.52. The summed E-state index contributed by atoms with van der Waals surface area (Å²) in [6.45, 7) is 0. The zero-order valence-corrected chi connectivity index (χ0v) is 9.78. The van der Waals surface area contributed by atoms with Crippen LogP contribution in [0.3, 0.4) is 0 Å². The van der Waals surface area contributed by atoms with Crippen molar-refractivity contribution in [3.05, 3.63) is 47.5 Å². The Kier molecular flexibility index (Phi) is 3.77. The van der Waals surface area contributed by atoms with Gasteiger partial charge in [-0.25, -0.2) is 9.78 Å².